The van der Waals surface area contributed by atoms with Gasteiger partial charge in [-0.05, 0) is 49.4 Å². The lowest BCUT2D eigenvalue weighted by Crippen LogP contribution is -2.56. The van der Waals surface area contributed by atoms with E-state index in [0.717, 1.165) is 25.4 Å². The molecule has 0 radical (unpaired) electrons. The summed E-state index contributed by atoms with van der Waals surface area (Å²) < 4.78 is 0. The van der Waals surface area contributed by atoms with Gasteiger partial charge < -0.3 is 5.32 Å². The van der Waals surface area contributed by atoms with Crippen LogP contribution in [-0.2, 0) is 0 Å². The molecule has 0 aromatic heterocycles. The molecular weight excluding hydrogens is 284 g/mol. The number of nitrogens with zero attached hydrogens (tertiary/aromatic N) is 1. The van der Waals surface area contributed by atoms with Gasteiger partial charge >= 0.3 is 0 Å². The average molecular weight is 305 g/mol. The average Bonchev–Trinajstić information content (AvgIpc) is 2.53. The number of piperidine rings is 3. The van der Waals surface area contributed by atoms with Crippen LogP contribution in [0.3, 0.4) is 0 Å². The lowest BCUT2D eigenvalue weighted by molar-refractivity contribution is 0.0195. The number of hydrogen-bond acceptors (Lipinski definition) is 2. The lowest BCUT2D eigenvalue weighted by atomic mass is 9.75. The fourth-order valence-corrected chi connectivity index (χ4v) is 3.79. The summed E-state index contributed by atoms with van der Waals surface area (Å²) >= 11 is 5.92. The summed E-state index contributed by atoms with van der Waals surface area (Å²) in [6.45, 7) is 6.89. The SMILES string of the molecule is C=C[C@H]1CN2CC[C@H]1C[C@@H]2CNC(=O)c1cccc(Cl)c1. The van der Waals surface area contributed by atoms with Crippen LogP contribution >= 0.6 is 11.6 Å². The maximum Gasteiger partial charge on any atom is 0.251 e. The monoisotopic (exact) mass is 304 g/mol. The van der Waals surface area contributed by atoms with E-state index in [9.17, 15) is 4.79 Å². The first-order valence-electron chi connectivity index (χ1n) is 7.57. The number of rotatable bonds is 4. The van der Waals surface area contributed by atoms with E-state index in [4.69, 9.17) is 11.6 Å². The fourth-order valence-electron chi connectivity index (χ4n) is 3.60. The summed E-state index contributed by atoms with van der Waals surface area (Å²) in [5.74, 6) is 1.32. The molecule has 1 aromatic rings. The van der Waals surface area contributed by atoms with Crippen LogP contribution in [0.1, 0.15) is 23.2 Å². The maximum absolute atomic E-state index is 12.2. The molecule has 4 atom stereocenters. The van der Waals surface area contributed by atoms with Gasteiger partial charge in [-0.3, -0.25) is 9.69 Å². The number of nitrogens with one attached hydrogen (secondary N) is 1. The molecule has 1 aromatic carbocycles. The van der Waals surface area contributed by atoms with Crippen molar-refractivity contribution in [3.05, 3.63) is 47.5 Å². The molecule has 3 aliphatic rings. The van der Waals surface area contributed by atoms with Gasteiger partial charge in [-0.1, -0.05) is 23.7 Å². The zero-order valence-electron chi connectivity index (χ0n) is 12.1. The van der Waals surface area contributed by atoms with E-state index in [1.807, 2.05) is 0 Å². The summed E-state index contributed by atoms with van der Waals surface area (Å²) in [6, 6.07) is 7.54. The van der Waals surface area contributed by atoms with Crippen LogP contribution < -0.4 is 5.32 Å². The molecule has 3 fully saturated rings. The van der Waals surface area contributed by atoms with Crippen molar-refractivity contribution < 1.29 is 4.79 Å². The van der Waals surface area contributed by atoms with Crippen LogP contribution in [0.2, 0.25) is 5.02 Å². The summed E-state index contributed by atoms with van der Waals surface area (Å²) in [5.41, 5.74) is 0.627. The molecule has 1 amide bonds. The van der Waals surface area contributed by atoms with Crippen LogP contribution in [0.5, 0.6) is 0 Å². The van der Waals surface area contributed by atoms with Gasteiger partial charge in [0.1, 0.15) is 0 Å². The standard InChI is InChI=1S/C17H21ClN2O/c1-2-12-11-20-7-6-13(12)9-16(20)10-19-17(21)14-4-3-5-15(18)8-14/h2-5,8,12-13,16H,1,6-7,9-11H2,(H,19,21)/t12-,13-,16+/m0/s1. The Hall–Kier alpha value is -1.32. The third-order valence-electron chi connectivity index (χ3n) is 4.82. The smallest absolute Gasteiger partial charge is 0.251 e. The molecule has 3 saturated heterocycles. The fraction of sp³-hybridized carbons (Fsp3) is 0.471. The van der Waals surface area contributed by atoms with E-state index in [0.29, 0.717) is 29.1 Å². The van der Waals surface area contributed by atoms with E-state index >= 15 is 0 Å². The molecule has 4 heteroatoms. The van der Waals surface area contributed by atoms with Crippen molar-refractivity contribution in [3.63, 3.8) is 0 Å². The van der Waals surface area contributed by atoms with Crippen LogP contribution in [0, 0.1) is 11.8 Å². The van der Waals surface area contributed by atoms with Gasteiger partial charge in [-0.2, -0.15) is 0 Å². The van der Waals surface area contributed by atoms with Crippen molar-refractivity contribution in [1.29, 1.82) is 0 Å². The largest absolute Gasteiger partial charge is 0.350 e. The maximum atomic E-state index is 12.2. The molecule has 0 saturated carbocycles. The first kappa shape index (κ1) is 14.6. The molecule has 3 aliphatic heterocycles. The predicted molar refractivity (Wildman–Crippen MR) is 85.6 cm³/mol. The van der Waals surface area contributed by atoms with Crippen molar-refractivity contribution in [2.24, 2.45) is 11.8 Å². The van der Waals surface area contributed by atoms with Crippen LogP contribution in [0.15, 0.2) is 36.9 Å². The van der Waals surface area contributed by atoms with Crippen molar-refractivity contribution in [3.8, 4) is 0 Å². The lowest BCUT2D eigenvalue weighted by Gasteiger charge is -2.49. The van der Waals surface area contributed by atoms with Crippen molar-refractivity contribution in [2.75, 3.05) is 19.6 Å². The molecule has 3 nitrogen and oxygen atoms in total. The molecule has 2 bridgehead atoms. The normalized spacial score (nSPS) is 30.9. The first-order chi connectivity index (χ1) is 10.2. The summed E-state index contributed by atoms with van der Waals surface area (Å²) in [4.78, 5) is 14.7. The second kappa shape index (κ2) is 6.20. The minimum absolute atomic E-state index is 0.0413. The zero-order valence-corrected chi connectivity index (χ0v) is 12.9. The van der Waals surface area contributed by atoms with Gasteiger partial charge in [0.2, 0.25) is 0 Å². The summed E-state index contributed by atoms with van der Waals surface area (Å²) in [6.07, 6.45) is 4.51. The van der Waals surface area contributed by atoms with Crippen LogP contribution in [0.4, 0.5) is 0 Å². The highest BCUT2D eigenvalue weighted by molar-refractivity contribution is 6.30. The quantitative estimate of drug-likeness (QED) is 0.867. The second-order valence-corrected chi connectivity index (χ2v) is 6.49. The van der Waals surface area contributed by atoms with E-state index in [1.165, 1.54) is 6.42 Å². The van der Waals surface area contributed by atoms with Crippen LogP contribution in [0.25, 0.3) is 0 Å². The Bertz CT molecular complexity index is 545. The van der Waals surface area contributed by atoms with Crippen molar-refractivity contribution in [2.45, 2.75) is 18.9 Å². The Labute approximate surface area is 131 Å². The Kier molecular flexibility index (Phi) is 4.32. The molecule has 21 heavy (non-hydrogen) atoms. The molecule has 4 rings (SSSR count). The number of halogens is 1. The number of amides is 1. The summed E-state index contributed by atoms with van der Waals surface area (Å²) in [5, 5.41) is 3.64. The highest BCUT2D eigenvalue weighted by Gasteiger charge is 2.38. The number of fused-ring (bicyclic) bond motifs is 3. The van der Waals surface area contributed by atoms with Crippen molar-refractivity contribution >= 4 is 17.5 Å². The predicted octanol–water partition coefficient (Wildman–Crippen LogP) is 2.97. The van der Waals surface area contributed by atoms with E-state index in [-0.39, 0.29) is 5.91 Å². The van der Waals surface area contributed by atoms with Gasteiger partial charge in [0.15, 0.2) is 0 Å². The minimum Gasteiger partial charge on any atom is -0.350 e. The van der Waals surface area contributed by atoms with E-state index < -0.39 is 0 Å². The number of carbonyl (C=O) groups is 1. The van der Waals surface area contributed by atoms with E-state index in [2.05, 4.69) is 22.9 Å². The Morgan fingerprint density at radius 2 is 2.38 bits per heavy atom. The molecule has 0 spiro atoms. The van der Waals surface area contributed by atoms with Gasteiger partial charge in [0, 0.05) is 29.7 Å². The topological polar surface area (TPSA) is 32.3 Å². The first-order valence-corrected chi connectivity index (χ1v) is 7.95. The van der Waals surface area contributed by atoms with Crippen molar-refractivity contribution in [1.82, 2.24) is 10.2 Å². The zero-order chi connectivity index (χ0) is 14.8. The number of benzene rings is 1. The van der Waals surface area contributed by atoms with Gasteiger partial charge in [0.25, 0.3) is 5.91 Å². The summed E-state index contributed by atoms with van der Waals surface area (Å²) in [7, 11) is 0. The Morgan fingerprint density at radius 3 is 3.05 bits per heavy atom. The molecule has 1 unspecified atom stereocenters. The third kappa shape index (κ3) is 3.14. The third-order valence-corrected chi connectivity index (χ3v) is 5.05. The molecule has 3 heterocycles. The number of carbonyl (C=O) groups excluding carboxylic acids is 1. The highest BCUT2D eigenvalue weighted by Crippen LogP contribution is 2.36. The number of hydrogen-bond donors (Lipinski definition) is 1. The Balaban J connectivity index is 1.56. The van der Waals surface area contributed by atoms with Gasteiger partial charge in [-0.25, -0.2) is 0 Å². The molecule has 112 valence electrons. The molecular formula is C17H21ClN2O. The van der Waals surface area contributed by atoms with Gasteiger partial charge in [0.05, 0.1) is 0 Å². The second-order valence-electron chi connectivity index (χ2n) is 6.05. The Morgan fingerprint density at radius 1 is 1.52 bits per heavy atom. The molecule has 0 aliphatic carbocycles. The molecule has 1 N–H and O–H groups in total. The van der Waals surface area contributed by atoms with E-state index in [1.54, 1.807) is 24.3 Å². The van der Waals surface area contributed by atoms with Gasteiger partial charge in [-0.15, -0.1) is 6.58 Å². The highest BCUT2D eigenvalue weighted by atomic mass is 35.5. The van der Waals surface area contributed by atoms with Crippen LogP contribution in [-0.4, -0.2) is 36.5 Å². The minimum atomic E-state index is -0.0413.